The Hall–Kier alpha value is -3.03. The number of hydrogen-bond donors (Lipinski definition) is 2. The zero-order valence-corrected chi connectivity index (χ0v) is 17.1. The lowest BCUT2D eigenvalue weighted by Crippen LogP contribution is -2.32. The topological polar surface area (TPSA) is 95.1 Å². The molecule has 2 aromatic carbocycles. The molecule has 1 aliphatic rings. The average Bonchev–Trinajstić information content (AvgIpc) is 3.12. The molecule has 1 amide bonds. The summed E-state index contributed by atoms with van der Waals surface area (Å²) in [7, 11) is 1.60. The molecule has 1 aliphatic heterocycles. The average molecular weight is 430 g/mol. The first-order valence-corrected chi connectivity index (χ1v) is 9.48. The number of primary amides is 1. The van der Waals surface area contributed by atoms with E-state index >= 15 is 0 Å². The summed E-state index contributed by atoms with van der Waals surface area (Å²) in [6.45, 7) is 1.76. The lowest BCUT2D eigenvalue weighted by molar-refractivity contribution is -0.115. The van der Waals surface area contributed by atoms with Gasteiger partial charge in [0.2, 0.25) is 11.9 Å². The van der Waals surface area contributed by atoms with Crippen molar-refractivity contribution in [2.45, 2.75) is 13.0 Å². The van der Waals surface area contributed by atoms with Gasteiger partial charge in [-0.25, -0.2) is 4.68 Å². The van der Waals surface area contributed by atoms with Crippen LogP contribution in [0.15, 0.2) is 53.7 Å². The van der Waals surface area contributed by atoms with Crippen molar-refractivity contribution in [3.63, 3.8) is 0 Å². The summed E-state index contributed by atoms with van der Waals surface area (Å²) in [4.78, 5) is 16.9. The van der Waals surface area contributed by atoms with E-state index in [1.54, 1.807) is 36.9 Å². The Morgan fingerprint density at radius 1 is 1.21 bits per heavy atom. The summed E-state index contributed by atoms with van der Waals surface area (Å²) in [5.74, 6) is 1.10. The lowest BCUT2D eigenvalue weighted by Gasteiger charge is -2.28. The van der Waals surface area contributed by atoms with Gasteiger partial charge in [-0.3, -0.25) is 4.79 Å². The molecule has 0 spiro atoms. The monoisotopic (exact) mass is 429 g/mol. The second kappa shape index (κ2) is 7.42. The van der Waals surface area contributed by atoms with Crippen molar-refractivity contribution in [2.75, 3.05) is 12.4 Å². The van der Waals surface area contributed by atoms with Gasteiger partial charge in [0.15, 0.2) is 5.82 Å². The number of aromatic nitrogens is 3. The van der Waals surface area contributed by atoms with Gasteiger partial charge in [0.05, 0.1) is 22.7 Å². The van der Waals surface area contributed by atoms with E-state index in [4.69, 9.17) is 33.7 Å². The predicted molar refractivity (Wildman–Crippen MR) is 112 cm³/mol. The number of nitrogens with two attached hydrogens (primary N) is 1. The highest BCUT2D eigenvalue weighted by Crippen LogP contribution is 2.40. The van der Waals surface area contributed by atoms with Gasteiger partial charge in [-0.2, -0.15) is 4.98 Å². The molecule has 2 heterocycles. The van der Waals surface area contributed by atoms with Crippen molar-refractivity contribution < 1.29 is 9.53 Å². The fraction of sp³-hybridized carbons (Fsp3) is 0.150. The molecule has 1 unspecified atom stereocenters. The van der Waals surface area contributed by atoms with E-state index in [2.05, 4.69) is 15.4 Å². The van der Waals surface area contributed by atoms with Crippen molar-refractivity contribution in [3.8, 4) is 17.1 Å². The van der Waals surface area contributed by atoms with Crippen LogP contribution in [0.4, 0.5) is 5.95 Å². The third-order valence-corrected chi connectivity index (χ3v) is 5.58. The second-order valence-corrected chi connectivity index (χ2v) is 7.29. The number of ether oxygens (including phenoxy) is 1. The van der Waals surface area contributed by atoms with Gasteiger partial charge >= 0.3 is 0 Å². The number of carbonyl (C=O) groups excluding carboxylic acids is 1. The maximum absolute atomic E-state index is 12.3. The van der Waals surface area contributed by atoms with Crippen molar-refractivity contribution in [3.05, 3.63) is 69.3 Å². The number of fused-ring (bicyclic) bond motifs is 1. The van der Waals surface area contributed by atoms with Crippen LogP contribution in [-0.4, -0.2) is 27.8 Å². The molecule has 4 rings (SSSR count). The SMILES string of the molecule is COc1ccc(-c2nc3n(n2)C(c2cccc(Cl)c2Cl)C(C(N)=O)=C(C)N3)cc1. The number of anilines is 1. The van der Waals surface area contributed by atoms with Crippen LogP contribution in [0.1, 0.15) is 18.5 Å². The van der Waals surface area contributed by atoms with Crippen LogP contribution in [0, 0.1) is 0 Å². The number of benzene rings is 2. The highest BCUT2D eigenvalue weighted by Gasteiger charge is 2.34. The number of halogens is 2. The summed E-state index contributed by atoms with van der Waals surface area (Å²) < 4.78 is 6.80. The van der Waals surface area contributed by atoms with Gasteiger partial charge in [-0.15, -0.1) is 5.10 Å². The van der Waals surface area contributed by atoms with Crippen LogP contribution in [0.2, 0.25) is 10.0 Å². The molecule has 3 N–H and O–H groups in total. The molecule has 0 fully saturated rings. The molecule has 0 saturated heterocycles. The fourth-order valence-electron chi connectivity index (χ4n) is 3.35. The summed E-state index contributed by atoms with van der Waals surface area (Å²) in [6, 6.07) is 11.9. The van der Waals surface area contributed by atoms with Gasteiger partial charge < -0.3 is 15.8 Å². The molecule has 0 saturated carbocycles. The van der Waals surface area contributed by atoms with Crippen molar-refractivity contribution in [2.24, 2.45) is 5.73 Å². The van der Waals surface area contributed by atoms with Crippen molar-refractivity contribution in [1.29, 1.82) is 0 Å². The lowest BCUT2D eigenvalue weighted by atomic mass is 9.95. The Labute approximate surface area is 177 Å². The molecule has 29 heavy (non-hydrogen) atoms. The van der Waals surface area contributed by atoms with Crippen LogP contribution >= 0.6 is 23.2 Å². The van der Waals surface area contributed by atoms with E-state index in [0.717, 1.165) is 11.3 Å². The first-order chi connectivity index (χ1) is 13.9. The van der Waals surface area contributed by atoms with Gasteiger partial charge in [-0.05, 0) is 37.3 Å². The minimum Gasteiger partial charge on any atom is -0.497 e. The third-order valence-electron chi connectivity index (χ3n) is 4.74. The Kier molecular flexibility index (Phi) is 4.94. The first-order valence-electron chi connectivity index (χ1n) is 8.73. The van der Waals surface area contributed by atoms with Crippen LogP contribution in [-0.2, 0) is 4.79 Å². The molecule has 0 aliphatic carbocycles. The van der Waals surface area contributed by atoms with Gasteiger partial charge in [0.1, 0.15) is 11.8 Å². The molecule has 1 atom stereocenters. The van der Waals surface area contributed by atoms with E-state index < -0.39 is 11.9 Å². The molecule has 9 heteroatoms. The Balaban J connectivity index is 1.88. The molecule has 1 aromatic heterocycles. The van der Waals surface area contributed by atoms with Crippen LogP contribution in [0.3, 0.4) is 0 Å². The van der Waals surface area contributed by atoms with E-state index in [9.17, 15) is 4.79 Å². The largest absolute Gasteiger partial charge is 0.497 e. The number of rotatable bonds is 4. The van der Waals surface area contributed by atoms with Crippen molar-refractivity contribution >= 4 is 35.1 Å². The number of nitrogens with zero attached hydrogens (tertiary/aromatic N) is 3. The number of nitrogens with one attached hydrogen (secondary N) is 1. The molecule has 0 radical (unpaired) electrons. The van der Waals surface area contributed by atoms with E-state index in [1.807, 2.05) is 24.3 Å². The second-order valence-electron chi connectivity index (χ2n) is 6.51. The zero-order chi connectivity index (χ0) is 20.7. The molecular weight excluding hydrogens is 413 g/mol. The summed E-state index contributed by atoms with van der Waals surface area (Å²) >= 11 is 12.7. The van der Waals surface area contributed by atoms with Gasteiger partial charge in [0, 0.05) is 16.8 Å². The van der Waals surface area contributed by atoms with E-state index in [0.29, 0.717) is 38.7 Å². The van der Waals surface area contributed by atoms with Crippen LogP contribution in [0.5, 0.6) is 5.75 Å². The minimum atomic E-state index is -0.658. The number of hydrogen-bond acceptors (Lipinski definition) is 5. The Morgan fingerprint density at radius 3 is 2.59 bits per heavy atom. The van der Waals surface area contributed by atoms with Crippen LogP contribution in [0.25, 0.3) is 11.4 Å². The first kappa shape index (κ1) is 19.3. The Bertz CT molecular complexity index is 1140. The summed E-state index contributed by atoms with van der Waals surface area (Å²) in [5, 5.41) is 8.45. The van der Waals surface area contributed by atoms with Crippen LogP contribution < -0.4 is 15.8 Å². The highest BCUT2D eigenvalue weighted by atomic mass is 35.5. The molecule has 7 nitrogen and oxygen atoms in total. The highest BCUT2D eigenvalue weighted by molar-refractivity contribution is 6.42. The van der Waals surface area contributed by atoms with Crippen molar-refractivity contribution in [1.82, 2.24) is 14.8 Å². The predicted octanol–water partition coefficient (Wildman–Crippen LogP) is 4.03. The fourth-order valence-corrected chi connectivity index (χ4v) is 3.76. The van der Waals surface area contributed by atoms with Gasteiger partial charge in [-0.1, -0.05) is 35.3 Å². The maximum Gasteiger partial charge on any atom is 0.248 e. The number of allylic oxidation sites excluding steroid dienone is 1. The van der Waals surface area contributed by atoms with E-state index in [1.165, 1.54) is 0 Å². The zero-order valence-electron chi connectivity index (χ0n) is 15.6. The third kappa shape index (κ3) is 3.32. The number of amides is 1. The molecular formula is C20H17Cl2N5O2. The number of carbonyl (C=O) groups is 1. The van der Waals surface area contributed by atoms with E-state index in [-0.39, 0.29) is 0 Å². The smallest absolute Gasteiger partial charge is 0.248 e. The molecule has 0 bridgehead atoms. The quantitative estimate of drug-likeness (QED) is 0.652. The molecule has 148 valence electrons. The molecule has 3 aromatic rings. The standard InChI is InChI=1S/C20H17Cl2N5O2/c1-10-15(18(23)28)17(13-4-3-5-14(21)16(13)22)27-20(24-10)25-19(26-27)11-6-8-12(29-2)9-7-11/h3-9,17H,1-2H3,(H2,23,28)(H,24,25,26). The summed E-state index contributed by atoms with van der Waals surface area (Å²) in [6.07, 6.45) is 0. The maximum atomic E-state index is 12.3. The number of methoxy groups -OCH3 is 1. The summed E-state index contributed by atoms with van der Waals surface area (Å²) in [5.41, 5.74) is 8.02. The minimum absolute atomic E-state index is 0.333. The van der Waals surface area contributed by atoms with Gasteiger partial charge in [0.25, 0.3) is 0 Å². The Morgan fingerprint density at radius 2 is 1.93 bits per heavy atom. The normalized spacial score (nSPS) is 15.7.